The minimum atomic E-state index is -0.409. The van der Waals surface area contributed by atoms with Crippen molar-refractivity contribution in [1.82, 2.24) is 5.06 Å². The van der Waals surface area contributed by atoms with Gasteiger partial charge in [0.15, 0.2) is 0 Å². The number of aliphatic hydroxyl groups is 1. The number of carbonyl (C=O) groups is 1. The second-order valence-electron chi connectivity index (χ2n) is 3.42. The molecule has 1 unspecified atom stereocenters. The SMILES string of the molecule is CC(O)CCC(=O)N1CCCCO1. The zero-order valence-corrected chi connectivity index (χ0v) is 8.03. The Morgan fingerprint density at radius 1 is 1.62 bits per heavy atom. The number of aliphatic hydroxyl groups excluding tert-OH is 1. The van der Waals surface area contributed by atoms with Crippen LogP contribution < -0.4 is 0 Å². The van der Waals surface area contributed by atoms with Gasteiger partial charge in [0.2, 0.25) is 5.91 Å². The van der Waals surface area contributed by atoms with Gasteiger partial charge in [0, 0.05) is 13.0 Å². The van der Waals surface area contributed by atoms with Crippen LogP contribution in [-0.2, 0) is 9.63 Å². The third-order valence-electron chi connectivity index (χ3n) is 2.06. The summed E-state index contributed by atoms with van der Waals surface area (Å²) in [5.41, 5.74) is 0. The first kappa shape index (κ1) is 10.5. The number of carbonyl (C=O) groups excluding carboxylic acids is 1. The number of hydroxylamine groups is 2. The van der Waals surface area contributed by atoms with Gasteiger partial charge in [-0.15, -0.1) is 0 Å². The van der Waals surface area contributed by atoms with Gasteiger partial charge in [0.25, 0.3) is 0 Å². The molecule has 13 heavy (non-hydrogen) atoms. The van der Waals surface area contributed by atoms with E-state index in [1.54, 1.807) is 6.92 Å². The van der Waals surface area contributed by atoms with E-state index in [4.69, 9.17) is 9.94 Å². The summed E-state index contributed by atoms with van der Waals surface area (Å²) in [6.07, 6.45) is 2.52. The fourth-order valence-corrected chi connectivity index (χ4v) is 1.25. The van der Waals surface area contributed by atoms with E-state index in [-0.39, 0.29) is 5.91 Å². The maximum Gasteiger partial charge on any atom is 0.246 e. The highest BCUT2D eigenvalue weighted by atomic mass is 16.7. The highest BCUT2D eigenvalue weighted by Gasteiger charge is 2.17. The molecule has 4 heteroatoms. The normalized spacial score (nSPS) is 20.0. The van der Waals surface area contributed by atoms with Gasteiger partial charge < -0.3 is 5.11 Å². The van der Waals surface area contributed by atoms with Crippen molar-refractivity contribution in [2.24, 2.45) is 0 Å². The van der Waals surface area contributed by atoms with Crippen molar-refractivity contribution in [3.05, 3.63) is 0 Å². The Morgan fingerprint density at radius 3 is 2.92 bits per heavy atom. The van der Waals surface area contributed by atoms with Gasteiger partial charge >= 0.3 is 0 Å². The lowest BCUT2D eigenvalue weighted by molar-refractivity contribution is -0.197. The quantitative estimate of drug-likeness (QED) is 0.707. The van der Waals surface area contributed by atoms with E-state index < -0.39 is 6.10 Å². The molecule has 1 N–H and O–H groups in total. The second kappa shape index (κ2) is 5.19. The number of rotatable bonds is 3. The lowest BCUT2D eigenvalue weighted by atomic mass is 10.2. The van der Waals surface area contributed by atoms with Gasteiger partial charge in [-0.25, -0.2) is 5.06 Å². The van der Waals surface area contributed by atoms with Crippen molar-refractivity contribution in [3.8, 4) is 0 Å². The highest BCUT2D eigenvalue weighted by Crippen LogP contribution is 2.09. The zero-order valence-electron chi connectivity index (χ0n) is 8.03. The van der Waals surface area contributed by atoms with Crippen LogP contribution in [0.15, 0.2) is 0 Å². The summed E-state index contributed by atoms with van der Waals surface area (Å²) in [5.74, 6) is -0.0133. The van der Waals surface area contributed by atoms with Crippen LogP contribution >= 0.6 is 0 Å². The Kier molecular flexibility index (Phi) is 4.18. The van der Waals surface area contributed by atoms with Crippen LogP contribution in [0.2, 0.25) is 0 Å². The summed E-state index contributed by atoms with van der Waals surface area (Å²) in [6.45, 7) is 3.02. The van der Waals surface area contributed by atoms with Gasteiger partial charge in [0.1, 0.15) is 0 Å². The summed E-state index contributed by atoms with van der Waals surface area (Å²) in [5, 5.41) is 10.4. The van der Waals surface area contributed by atoms with E-state index >= 15 is 0 Å². The molecule has 0 radical (unpaired) electrons. The standard InChI is InChI=1S/C9H17NO3/c1-8(11)4-5-9(12)10-6-2-3-7-13-10/h8,11H,2-7H2,1H3. The molecule has 1 saturated heterocycles. The lowest BCUT2D eigenvalue weighted by Crippen LogP contribution is -2.35. The van der Waals surface area contributed by atoms with Crippen molar-refractivity contribution in [3.63, 3.8) is 0 Å². The third-order valence-corrected chi connectivity index (χ3v) is 2.06. The van der Waals surface area contributed by atoms with E-state index in [9.17, 15) is 4.79 Å². The molecule has 1 atom stereocenters. The third kappa shape index (κ3) is 3.74. The Balaban J connectivity index is 2.21. The van der Waals surface area contributed by atoms with Gasteiger partial charge in [0.05, 0.1) is 12.7 Å². The van der Waals surface area contributed by atoms with Crippen molar-refractivity contribution in [1.29, 1.82) is 0 Å². The fraction of sp³-hybridized carbons (Fsp3) is 0.889. The van der Waals surface area contributed by atoms with Gasteiger partial charge in [-0.1, -0.05) is 0 Å². The molecule has 1 aliphatic rings. The summed E-state index contributed by atoms with van der Waals surface area (Å²) >= 11 is 0. The Bertz CT molecular complexity index is 164. The molecule has 0 aliphatic carbocycles. The van der Waals surface area contributed by atoms with Crippen LogP contribution in [0.1, 0.15) is 32.6 Å². The Morgan fingerprint density at radius 2 is 2.38 bits per heavy atom. The Hall–Kier alpha value is -0.610. The largest absolute Gasteiger partial charge is 0.393 e. The number of hydrogen-bond donors (Lipinski definition) is 1. The van der Waals surface area contributed by atoms with Crippen molar-refractivity contribution >= 4 is 5.91 Å². The summed E-state index contributed by atoms with van der Waals surface area (Å²) in [4.78, 5) is 16.6. The predicted octanol–water partition coefficient (Wildman–Crippen LogP) is 0.701. The molecule has 0 aromatic heterocycles. The van der Waals surface area contributed by atoms with Crippen LogP contribution in [0, 0.1) is 0 Å². The molecule has 0 saturated carbocycles. The molecule has 0 aromatic carbocycles. The number of hydrogen-bond acceptors (Lipinski definition) is 3. The molecule has 1 amide bonds. The molecule has 1 rings (SSSR count). The monoisotopic (exact) mass is 187 g/mol. The first-order valence-electron chi connectivity index (χ1n) is 4.81. The van der Waals surface area contributed by atoms with Crippen molar-refractivity contribution in [2.45, 2.75) is 38.7 Å². The maximum absolute atomic E-state index is 11.4. The smallest absolute Gasteiger partial charge is 0.246 e. The minimum absolute atomic E-state index is 0.0133. The van der Waals surface area contributed by atoms with E-state index in [0.717, 1.165) is 12.8 Å². The van der Waals surface area contributed by atoms with Crippen LogP contribution in [-0.4, -0.2) is 35.3 Å². The van der Waals surface area contributed by atoms with E-state index in [1.807, 2.05) is 0 Å². The fourth-order valence-electron chi connectivity index (χ4n) is 1.25. The topological polar surface area (TPSA) is 49.8 Å². The first-order chi connectivity index (χ1) is 6.20. The summed E-state index contributed by atoms with van der Waals surface area (Å²) < 4.78 is 0. The zero-order chi connectivity index (χ0) is 9.68. The van der Waals surface area contributed by atoms with Crippen molar-refractivity contribution < 1.29 is 14.7 Å². The predicted molar refractivity (Wildman–Crippen MR) is 47.8 cm³/mol. The van der Waals surface area contributed by atoms with Crippen LogP contribution in [0.5, 0.6) is 0 Å². The van der Waals surface area contributed by atoms with Crippen LogP contribution in [0.25, 0.3) is 0 Å². The van der Waals surface area contributed by atoms with Gasteiger partial charge in [-0.2, -0.15) is 0 Å². The van der Waals surface area contributed by atoms with Gasteiger partial charge in [-0.3, -0.25) is 9.63 Å². The molecule has 4 nitrogen and oxygen atoms in total. The molecule has 0 aromatic rings. The van der Waals surface area contributed by atoms with Crippen molar-refractivity contribution in [2.75, 3.05) is 13.2 Å². The van der Waals surface area contributed by atoms with E-state index in [2.05, 4.69) is 0 Å². The lowest BCUT2D eigenvalue weighted by Gasteiger charge is -2.25. The first-order valence-corrected chi connectivity index (χ1v) is 4.81. The molecule has 0 spiro atoms. The summed E-state index contributed by atoms with van der Waals surface area (Å²) in [7, 11) is 0. The van der Waals surface area contributed by atoms with Crippen LogP contribution in [0.4, 0.5) is 0 Å². The maximum atomic E-state index is 11.4. The Labute approximate surface area is 78.4 Å². The number of amides is 1. The molecular weight excluding hydrogens is 170 g/mol. The van der Waals surface area contributed by atoms with Gasteiger partial charge in [-0.05, 0) is 26.2 Å². The summed E-state index contributed by atoms with van der Waals surface area (Å²) in [6, 6.07) is 0. The molecule has 76 valence electrons. The molecule has 0 bridgehead atoms. The van der Waals surface area contributed by atoms with Crippen LogP contribution in [0.3, 0.4) is 0 Å². The minimum Gasteiger partial charge on any atom is -0.393 e. The molecule has 1 fully saturated rings. The number of nitrogens with zero attached hydrogens (tertiary/aromatic N) is 1. The molecule has 1 heterocycles. The van der Waals surface area contributed by atoms with E-state index in [0.29, 0.717) is 26.0 Å². The van der Waals surface area contributed by atoms with E-state index in [1.165, 1.54) is 5.06 Å². The average Bonchev–Trinajstić information content (AvgIpc) is 2.15. The average molecular weight is 187 g/mol. The highest BCUT2D eigenvalue weighted by molar-refractivity contribution is 5.75. The second-order valence-corrected chi connectivity index (χ2v) is 3.42. The molecular formula is C9H17NO3. The molecule has 1 aliphatic heterocycles.